The molecule has 0 aliphatic carbocycles. The van der Waals surface area contributed by atoms with E-state index in [1.54, 1.807) is 11.3 Å². The van der Waals surface area contributed by atoms with Gasteiger partial charge in [0.15, 0.2) is 5.13 Å². The van der Waals surface area contributed by atoms with Crippen molar-refractivity contribution in [3.8, 4) is 0 Å². The Balaban J connectivity index is 2.18. The molecular weight excluding hydrogens is 232 g/mol. The second kappa shape index (κ2) is 5.36. The largest absolute Gasteiger partial charge is 0.391 e. The molecule has 2 heterocycles. The minimum absolute atomic E-state index is 0.125. The van der Waals surface area contributed by atoms with Crippen LogP contribution in [0.1, 0.15) is 37.8 Å². The molecule has 2 rings (SSSR count). The number of rotatable bonds is 3. The van der Waals surface area contributed by atoms with Crippen molar-refractivity contribution < 1.29 is 5.11 Å². The van der Waals surface area contributed by atoms with Crippen molar-refractivity contribution in [2.45, 2.75) is 40.2 Å². The minimum atomic E-state index is 0.125. The van der Waals surface area contributed by atoms with E-state index in [1.165, 1.54) is 6.42 Å². The molecule has 0 aromatic carbocycles. The maximum atomic E-state index is 9.32. The summed E-state index contributed by atoms with van der Waals surface area (Å²) < 4.78 is 0. The predicted molar refractivity (Wildman–Crippen MR) is 72.6 cm³/mol. The van der Waals surface area contributed by atoms with E-state index >= 15 is 0 Å². The highest BCUT2D eigenvalue weighted by Gasteiger charge is 2.24. The number of hydrogen-bond donors (Lipinski definition) is 1. The molecule has 1 fully saturated rings. The molecule has 4 heteroatoms. The Morgan fingerprint density at radius 2 is 2.00 bits per heavy atom. The van der Waals surface area contributed by atoms with Crippen LogP contribution in [0.5, 0.6) is 0 Å². The number of thiazole rings is 1. The summed E-state index contributed by atoms with van der Waals surface area (Å²) >= 11 is 1.66. The van der Waals surface area contributed by atoms with Crippen molar-refractivity contribution in [2.75, 3.05) is 18.0 Å². The van der Waals surface area contributed by atoms with Crippen LogP contribution in [0, 0.1) is 11.8 Å². The Kier molecular flexibility index (Phi) is 4.05. The molecule has 3 nitrogen and oxygen atoms in total. The Morgan fingerprint density at radius 3 is 2.47 bits per heavy atom. The average molecular weight is 254 g/mol. The molecule has 1 aliphatic rings. The summed E-state index contributed by atoms with van der Waals surface area (Å²) in [6.45, 7) is 9.05. The van der Waals surface area contributed by atoms with Gasteiger partial charge in [0.2, 0.25) is 0 Å². The molecule has 0 bridgehead atoms. The van der Waals surface area contributed by atoms with Gasteiger partial charge in [0, 0.05) is 13.1 Å². The van der Waals surface area contributed by atoms with Crippen LogP contribution in [0.3, 0.4) is 0 Å². The molecule has 1 aromatic rings. The number of aliphatic hydroxyl groups excluding tert-OH is 1. The minimum Gasteiger partial charge on any atom is -0.391 e. The first-order valence-electron chi connectivity index (χ1n) is 6.48. The van der Waals surface area contributed by atoms with Gasteiger partial charge in [-0.3, -0.25) is 0 Å². The van der Waals surface area contributed by atoms with Gasteiger partial charge in [0.1, 0.15) is 0 Å². The molecule has 1 aromatic heterocycles. The summed E-state index contributed by atoms with van der Waals surface area (Å²) in [5.41, 5.74) is 1.07. The van der Waals surface area contributed by atoms with E-state index in [2.05, 4.69) is 30.7 Å². The maximum Gasteiger partial charge on any atom is 0.185 e. The molecule has 2 atom stereocenters. The highest BCUT2D eigenvalue weighted by atomic mass is 32.1. The van der Waals surface area contributed by atoms with Gasteiger partial charge in [0.25, 0.3) is 0 Å². The summed E-state index contributed by atoms with van der Waals surface area (Å²) in [5, 5.41) is 10.4. The molecule has 1 N–H and O–H groups in total. The summed E-state index contributed by atoms with van der Waals surface area (Å²) in [5.74, 6) is 1.48. The third-order valence-electron chi connectivity index (χ3n) is 3.38. The van der Waals surface area contributed by atoms with Crippen LogP contribution < -0.4 is 4.90 Å². The Morgan fingerprint density at radius 1 is 1.35 bits per heavy atom. The Labute approximate surface area is 107 Å². The van der Waals surface area contributed by atoms with E-state index in [9.17, 15) is 5.11 Å². The van der Waals surface area contributed by atoms with E-state index in [0.717, 1.165) is 47.0 Å². The van der Waals surface area contributed by atoms with E-state index in [4.69, 9.17) is 0 Å². The van der Waals surface area contributed by atoms with E-state index in [1.807, 2.05) is 0 Å². The zero-order valence-corrected chi connectivity index (χ0v) is 11.8. The SMILES string of the molecule is CCc1nc(N2CC(C)CC(C)C2)sc1CO. The van der Waals surface area contributed by atoms with Gasteiger partial charge in [-0.1, -0.05) is 32.1 Å². The van der Waals surface area contributed by atoms with Crippen LogP contribution in [-0.4, -0.2) is 23.2 Å². The number of nitrogens with zero attached hydrogens (tertiary/aromatic N) is 2. The number of aromatic nitrogens is 1. The fourth-order valence-corrected chi connectivity index (χ4v) is 3.75. The second-order valence-corrected chi connectivity index (χ2v) is 6.29. The first kappa shape index (κ1) is 12.8. The zero-order valence-electron chi connectivity index (χ0n) is 10.9. The highest BCUT2D eigenvalue weighted by molar-refractivity contribution is 7.15. The Bertz CT molecular complexity index is 346. The third-order valence-corrected chi connectivity index (χ3v) is 4.53. The highest BCUT2D eigenvalue weighted by Crippen LogP contribution is 2.31. The van der Waals surface area contributed by atoms with E-state index < -0.39 is 0 Å². The van der Waals surface area contributed by atoms with Gasteiger partial charge in [-0.25, -0.2) is 4.98 Å². The molecule has 2 unspecified atom stereocenters. The van der Waals surface area contributed by atoms with Crippen LogP contribution in [0.4, 0.5) is 5.13 Å². The van der Waals surface area contributed by atoms with E-state index in [-0.39, 0.29) is 6.61 Å². The smallest absolute Gasteiger partial charge is 0.185 e. The zero-order chi connectivity index (χ0) is 12.4. The van der Waals surface area contributed by atoms with Gasteiger partial charge < -0.3 is 10.0 Å². The molecule has 17 heavy (non-hydrogen) atoms. The molecule has 0 saturated carbocycles. The van der Waals surface area contributed by atoms with Crippen molar-refractivity contribution in [1.82, 2.24) is 4.98 Å². The van der Waals surface area contributed by atoms with Crippen molar-refractivity contribution in [2.24, 2.45) is 11.8 Å². The van der Waals surface area contributed by atoms with Gasteiger partial charge in [0.05, 0.1) is 17.2 Å². The van der Waals surface area contributed by atoms with Crippen LogP contribution in [-0.2, 0) is 13.0 Å². The van der Waals surface area contributed by atoms with E-state index in [0.29, 0.717) is 0 Å². The number of piperidine rings is 1. The predicted octanol–water partition coefficient (Wildman–Crippen LogP) is 2.68. The molecule has 0 radical (unpaired) electrons. The molecular formula is C13H22N2OS. The van der Waals surface area contributed by atoms with Gasteiger partial charge in [-0.15, -0.1) is 0 Å². The van der Waals surface area contributed by atoms with Crippen molar-refractivity contribution in [3.63, 3.8) is 0 Å². The number of anilines is 1. The Hall–Kier alpha value is -0.610. The lowest BCUT2D eigenvalue weighted by Crippen LogP contribution is -2.38. The first-order chi connectivity index (χ1) is 8.13. The first-order valence-corrected chi connectivity index (χ1v) is 7.30. The fraction of sp³-hybridized carbons (Fsp3) is 0.769. The molecule has 1 saturated heterocycles. The maximum absolute atomic E-state index is 9.32. The third kappa shape index (κ3) is 2.80. The monoisotopic (exact) mass is 254 g/mol. The molecule has 96 valence electrons. The van der Waals surface area contributed by atoms with Crippen LogP contribution in [0.25, 0.3) is 0 Å². The standard InChI is InChI=1S/C13H22N2OS/c1-4-11-12(8-16)17-13(14-11)15-6-9(2)5-10(3)7-15/h9-10,16H,4-8H2,1-3H3. The summed E-state index contributed by atoms with van der Waals surface area (Å²) in [7, 11) is 0. The molecule has 0 spiro atoms. The number of aliphatic hydroxyl groups is 1. The fourth-order valence-electron chi connectivity index (χ4n) is 2.72. The topological polar surface area (TPSA) is 36.4 Å². The van der Waals surface area contributed by atoms with Gasteiger partial charge in [-0.05, 0) is 24.7 Å². The van der Waals surface area contributed by atoms with Crippen molar-refractivity contribution >= 4 is 16.5 Å². The van der Waals surface area contributed by atoms with Crippen LogP contribution >= 0.6 is 11.3 Å². The lowest BCUT2D eigenvalue weighted by atomic mass is 9.92. The number of aryl methyl sites for hydroxylation is 1. The summed E-state index contributed by atoms with van der Waals surface area (Å²) in [6, 6.07) is 0. The van der Waals surface area contributed by atoms with Crippen molar-refractivity contribution in [1.29, 1.82) is 0 Å². The molecule has 1 aliphatic heterocycles. The molecule has 0 amide bonds. The quantitative estimate of drug-likeness (QED) is 0.901. The van der Waals surface area contributed by atoms with Crippen LogP contribution in [0.2, 0.25) is 0 Å². The number of hydrogen-bond acceptors (Lipinski definition) is 4. The van der Waals surface area contributed by atoms with Crippen LogP contribution in [0.15, 0.2) is 0 Å². The average Bonchev–Trinajstić information content (AvgIpc) is 2.70. The van der Waals surface area contributed by atoms with Crippen molar-refractivity contribution in [3.05, 3.63) is 10.6 Å². The van der Waals surface area contributed by atoms with Gasteiger partial charge >= 0.3 is 0 Å². The van der Waals surface area contributed by atoms with Gasteiger partial charge in [-0.2, -0.15) is 0 Å². The lowest BCUT2D eigenvalue weighted by Gasteiger charge is -2.34. The summed E-state index contributed by atoms with van der Waals surface area (Å²) in [4.78, 5) is 8.10. The second-order valence-electron chi connectivity index (χ2n) is 5.23. The normalized spacial score (nSPS) is 25.3. The lowest BCUT2D eigenvalue weighted by molar-refractivity contribution is 0.284. The summed E-state index contributed by atoms with van der Waals surface area (Å²) in [6.07, 6.45) is 2.22.